The Balaban J connectivity index is 1.85. The van der Waals surface area contributed by atoms with Gasteiger partial charge in [0.05, 0.1) is 11.6 Å². The molecule has 2 aromatic rings. The van der Waals surface area contributed by atoms with Crippen molar-refractivity contribution >= 4 is 17.5 Å². The molecule has 3 rings (SSSR count). The Bertz CT molecular complexity index is 729. The van der Waals surface area contributed by atoms with E-state index in [0.29, 0.717) is 29.0 Å². The van der Waals surface area contributed by atoms with Crippen molar-refractivity contribution in [2.45, 2.75) is 45.6 Å². The van der Waals surface area contributed by atoms with Crippen LogP contribution < -0.4 is 0 Å². The molecule has 0 aromatic carbocycles. The Morgan fingerprint density at radius 3 is 2.91 bits per heavy atom. The van der Waals surface area contributed by atoms with Gasteiger partial charge < -0.3 is 9.42 Å². The molecule has 0 aliphatic carbocycles. The molecule has 1 aliphatic heterocycles. The summed E-state index contributed by atoms with van der Waals surface area (Å²) < 4.78 is 5.28. The zero-order valence-electron chi connectivity index (χ0n) is 13.4. The lowest BCUT2D eigenvalue weighted by Crippen LogP contribution is -2.31. The molecular weight excluding hydrogens is 316 g/mol. The number of aryl methyl sites for hydroxylation is 1. The van der Waals surface area contributed by atoms with E-state index < -0.39 is 0 Å². The van der Waals surface area contributed by atoms with Crippen molar-refractivity contribution in [3.63, 3.8) is 0 Å². The predicted molar refractivity (Wildman–Crippen MR) is 85.4 cm³/mol. The van der Waals surface area contributed by atoms with Crippen LogP contribution in [0.4, 0.5) is 0 Å². The average molecular weight is 335 g/mol. The molecule has 0 radical (unpaired) electrons. The highest BCUT2D eigenvalue weighted by molar-refractivity contribution is 6.30. The van der Waals surface area contributed by atoms with Gasteiger partial charge in [-0.2, -0.15) is 4.98 Å². The molecule has 1 atom stereocenters. The van der Waals surface area contributed by atoms with E-state index in [9.17, 15) is 4.79 Å². The van der Waals surface area contributed by atoms with E-state index in [0.717, 1.165) is 18.4 Å². The molecule has 0 spiro atoms. The van der Waals surface area contributed by atoms with E-state index in [1.165, 1.54) is 6.20 Å². The van der Waals surface area contributed by atoms with E-state index in [-0.39, 0.29) is 17.9 Å². The summed E-state index contributed by atoms with van der Waals surface area (Å²) in [6.45, 7) is 6.51. The second kappa shape index (κ2) is 6.28. The third-order valence-corrected chi connectivity index (χ3v) is 4.42. The van der Waals surface area contributed by atoms with Gasteiger partial charge in [0.15, 0.2) is 5.82 Å². The number of rotatable bonds is 3. The minimum atomic E-state index is -0.144. The third-order valence-electron chi connectivity index (χ3n) is 4.02. The number of hydrogen-bond donors (Lipinski definition) is 0. The Morgan fingerprint density at radius 1 is 1.48 bits per heavy atom. The topological polar surface area (TPSA) is 72.1 Å². The largest absolute Gasteiger partial charge is 0.339 e. The lowest BCUT2D eigenvalue weighted by molar-refractivity contribution is 0.0728. The molecule has 122 valence electrons. The number of halogens is 1. The summed E-state index contributed by atoms with van der Waals surface area (Å²) in [5.41, 5.74) is 1.32. The summed E-state index contributed by atoms with van der Waals surface area (Å²) in [7, 11) is 0. The van der Waals surface area contributed by atoms with Crippen LogP contribution in [0, 0.1) is 6.92 Å². The van der Waals surface area contributed by atoms with Crippen LogP contribution in [0.2, 0.25) is 5.15 Å². The molecule has 3 heterocycles. The highest BCUT2D eigenvalue weighted by Gasteiger charge is 2.34. The number of carbonyl (C=O) groups is 1. The number of pyridine rings is 1. The van der Waals surface area contributed by atoms with Crippen LogP contribution in [-0.4, -0.2) is 32.5 Å². The summed E-state index contributed by atoms with van der Waals surface area (Å²) in [6.07, 6.45) is 3.27. The second-order valence-electron chi connectivity index (χ2n) is 6.13. The smallest absolute Gasteiger partial charge is 0.256 e. The van der Waals surface area contributed by atoms with Gasteiger partial charge in [0, 0.05) is 18.7 Å². The van der Waals surface area contributed by atoms with Gasteiger partial charge in [-0.3, -0.25) is 4.79 Å². The van der Waals surface area contributed by atoms with E-state index in [4.69, 9.17) is 16.1 Å². The van der Waals surface area contributed by atoms with Gasteiger partial charge in [-0.05, 0) is 31.4 Å². The van der Waals surface area contributed by atoms with Gasteiger partial charge in [-0.15, -0.1) is 0 Å². The van der Waals surface area contributed by atoms with Crippen molar-refractivity contribution in [3.05, 3.63) is 40.3 Å². The van der Waals surface area contributed by atoms with Crippen molar-refractivity contribution in [2.24, 2.45) is 0 Å². The summed E-state index contributed by atoms with van der Waals surface area (Å²) in [5, 5.41) is 4.48. The van der Waals surface area contributed by atoms with Crippen molar-refractivity contribution < 1.29 is 9.32 Å². The zero-order chi connectivity index (χ0) is 16.6. The molecule has 0 N–H and O–H groups in total. The fraction of sp³-hybridized carbons (Fsp3) is 0.500. The maximum atomic E-state index is 12.8. The molecule has 1 saturated heterocycles. The van der Waals surface area contributed by atoms with Crippen molar-refractivity contribution in [3.8, 4) is 0 Å². The highest BCUT2D eigenvalue weighted by Crippen LogP contribution is 2.32. The van der Waals surface area contributed by atoms with Crippen LogP contribution in [0.5, 0.6) is 0 Å². The molecular formula is C16H19ClN4O2. The third kappa shape index (κ3) is 3.08. The van der Waals surface area contributed by atoms with Gasteiger partial charge >= 0.3 is 0 Å². The van der Waals surface area contributed by atoms with E-state index >= 15 is 0 Å². The Morgan fingerprint density at radius 2 is 2.26 bits per heavy atom. The first kappa shape index (κ1) is 15.9. The number of nitrogens with zero attached hydrogens (tertiary/aromatic N) is 4. The number of amides is 1. The van der Waals surface area contributed by atoms with E-state index in [1.807, 2.05) is 20.8 Å². The normalized spacial score (nSPS) is 18.0. The highest BCUT2D eigenvalue weighted by atomic mass is 35.5. The molecule has 1 aliphatic rings. The Hall–Kier alpha value is -1.95. The molecule has 2 aromatic heterocycles. The fourth-order valence-electron chi connectivity index (χ4n) is 2.74. The van der Waals surface area contributed by atoms with Gasteiger partial charge in [-0.1, -0.05) is 30.6 Å². The molecule has 0 bridgehead atoms. The zero-order valence-corrected chi connectivity index (χ0v) is 14.2. The monoisotopic (exact) mass is 334 g/mol. The predicted octanol–water partition coefficient (Wildman–Crippen LogP) is 3.53. The van der Waals surface area contributed by atoms with Crippen LogP contribution in [0.3, 0.4) is 0 Å². The SMILES string of the molecule is Cc1cc(C(=O)N2CCCC2c2noc(C(C)C)n2)cnc1Cl. The van der Waals surface area contributed by atoms with Gasteiger partial charge in [0.25, 0.3) is 5.91 Å². The second-order valence-corrected chi connectivity index (χ2v) is 6.49. The summed E-state index contributed by atoms with van der Waals surface area (Å²) in [5.74, 6) is 1.28. The van der Waals surface area contributed by atoms with Gasteiger partial charge in [0.2, 0.25) is 5.89 Å². The lowest BCUT2D eigenvalue weighted by Gasteiger charge is -2.22. The molecule has 7 heteroatoms. The quantitative estimate of drug-likeness (QED) is 0.803. The molecule has 1 amide bonds. The van der Waals surface area contributed by atoms with Crippen LogP contribution in [0.1, 0.15) is 66.3 Å². The van der Waals surface area contributed by atoms with Crippen LogP contribution in [0.15, 0.2) is 16.8 Å². The summed E-state index contributed by atoms with van der Waals surface area (Å²) in [6, 6.07) is 1.62. The lowest BCUT2D eigenvalue weighted by atomic mass is 10.1. The number of carbonyl (C=O) groups excluding carboxylic acids is 1. The Kier molecular flexibility index (Phi) is 4.35. The fourth-order valence-corrected chi connectivity index (χ4v) is 2.84. The summed E-state index contributed by atoms with van der Waals surface area (Å²) in [4.78, 5) is 23.1. The number of hydrogen-bond acceptors (Lipinski definition) is 5. The van der Waals surface area contributed by atoms with Crippen molar-refractivity contribution in [1.82, 2.24) is 20.0 Å². The molecule has 6 nitrogen and oxygen atoms in total. The maximum absolute atomic E-state index is 12.8. The summed E-state index contributed by atoms with van der Waals surface area (Å²) >= 11 is 5.93. The van der Waals surface area contributed by atoms with Crippen LogP contribution in [0.25, 0.3) is 0 Å². The molecule has 23 heavy (non-hydrogen) atoms. The first-order valence-corrected chi connectivity index (χ1v) is 8.11. The average Bonchev–Trinajstić information content (AvgIpc) is 3.17. The van der Waals surface area contributed by atoms with E-state index in [2.05, 4.69) is 15.1 Å². The molecule has 1 unspecified atom stereocenters. The van der Waals surface area contributed by atoms with Crippen LogP contribution in [-0.2, 0) is 0 Å². The van der Waals surface area contributed by atoms with Crippen LogP contribution >= 0.6 is 11.6 Å². The first-order valence-electron chi connectivity index (χ1n) is 7.74. The first-order chi connectivity index (χ1) is 11.0. The van der Waals surface area contributed by atoms with Crippen molar-refractivity contribution in [1.29, 1.82) is 0 Å². The number of aromatic nitrogens is 3. The standard InChI is InChI=1S/C16H19ClN4O2/c1-9(2)15-19-14(20-23-15)12-5-4-6-21(12)16(22)11-7-10(3)13(17)18-8-11/h7-9,12H,4-6H2,1-3H3. The van der Waals surface area contributed by atoms with Crippen molar-refractivity contribution in [2.75, 3.05) is 6.54 Å². The number of likely N-dealkylation sites (tertiary alicyclic amines) is 1. The minimum Gasteiger partial charge on any atom is -0.339 e. The Labute approximate surface area is 139 Å². The minimum absolute atomic E-state index is 0.0735. The van der Waals surface area contributed by atoms with Gasteiger partial charge in [0.1, 0.15) is 5.15 Å². The van der Waals surface area contributed by atoms with E-state index in [1.54, 1.807) is 11.0 Å². The molecule has 1 fully saturated rings. The maximum Gasteiger partial charge on any atom is 0.256 e. The van der Waals surface area contributed by atoms with Gasteiger partial charge in [-0.25, -0.2) is 4.98 Å². The molecule has 0 saturated carbocycles.